The average molecular weight is 433 g/mol. The van der Waals surface area contributed by atoms with Gasteiger partial charge in [0.25, 0.3) is 11.6 Å². The second-order valence-electron chi connectivity index (χ2n) is 9.25. The van der Waals surface area contributed by atoms with Gasteiger partial charge in [-0.1, -0.05) is 24.3 Å². The number of carbonyl (C=O) groups is 1. The van der Waals surface area contributed by atoms with E-state index in [0.717, 1.165) is 24.9 Å². The van der Waals surface area contributed by atoms with Crippen molar-refractivity contribution in [3.8, 4) is 11.5 Å². The lowest BCUT2D eigenvalue weighted by Crippen LogP contribution is -2.66. The monoisotopic (exact) mass is 433 g/mol. The number of phenolic OH excluding ortho intramolecular Hbond substituents is 1. The number of likely N-dealkylation sites (tertiary alicyclic amines) is 1. The third-order valence-electron chi connectivity index (χ3n) is 7.79. The number of likely N-dealkylation sites (N-methyl/N-ethyl adjacent to an activating group) is 1. The summed E-state index contributed by atoms with van der Waals surface area (Å²) in [4.78, 5) is 26.0. The Morgan fingerprint density at radius 2 is 2.16 bits per heavy atom. The zero-order valence-corrected chi connectivity index (χ0v) is 17.5. The lowest BCUT2D eigenvalue weighted by atomic mass is 9.53. The van der Waals surface area contributed by atoms with Gasteiger partial charge in [0, 0.05) is 40.6 Å². The van der Waals surface area contributed by atoms with E-state index >= 15 is 0 Å². The van der Waals surface area contributed by atoms with Crippen LogP contribution in [0.15, 0.2) is 48.6 Å². The zero-order valence-electron chi connectivity index (χ0n) is 17.5. The average Bonchev–Trinajstić information content (AvgIpc) is 3.14. The highest BCUT2D eigenvalue weighted by Crippen LogP contribution is 2.62. The van der Waals surface area contributed by atoms with Gasteiger partial charge < -0.3 is 20.1 Å². The van der Waals surface area contributed by atoms with E-state index in [0.29, 0.717) is 11.8 Å². The molecule has 1 saturated heterocycles. The third-order valence-corrected chi connectivity index (χ3v) is 7.79. The number of carbonyl (C=O) groups excluding carboxylic acids is 1. The van der Waals surface area contributed by atoms with E-state index in [1.165, 1.54) is 23.8 Å². The number of phenols is 1. The Bertz CT molecular complexity index is 1190. The fourth-order valence-electron chi connectivity index (χ4n) is 6.38. The van der Waals surface area contributed by atoms with Crippen molar-refractivity contribution < 1.29 is 19.6 Å². The lowest BCUT2D eigenvalue weighted by molar-refractivity contribution is -0.384. The maximum absolute atomic E-state index is 13.0. The van der Waals surface area contributed by atoms with Crippen LogP contribution in [0.1, 0.15) is 27.9 Å². The van der Waals surface area contributed by atoms with E-state index in [9.17, 15) is 20.0 Å². The van der Waals surface area contributed by atoms with E-state index in [1.54, 1.807) is 12.1 Å². The van der Waals surface area contributed by atoms with Crippen LogP contribution in [0.2, 0.25) is 0 Å². The number of piperidine rings is 1. The van der Waals surface area contributed by atoms with Gasteiger partial charge in [-0.15, -0.1) is 0 Å². The number of nitro benzene ring substituents is 1. The van der Waals surface area contributed by atoms with Crippen LogP contribution in [-0.4, -0.2) is 52.6 Å². The first-order valence-electron chi connectivity index (χ1n) is 10.9. The molecule has 8 nitrogen and oxygen atoms in total. The molecule has 6 rings (SSSR count). The fourth-order valence-corrected chi connectivity index (χ4v) is 6.38. The van der Waals surface area contributed by atoms with Crippen LogP contribution in [0.25, 0.3) is 0 Å². The molecule has 164 valence electrons. The van der Waals surface area contributed by atoms with Gasteiger partial charge in [0.05, 0.1) is 11.0 Å². The summed E-state index contributed by atoms with van der Waals surface area (Å²) < 4.78 is 6.41. The van der Waals surface area contributed by atoms with Crippen molar-refractivity contribution in [3.63, 3.8) is 0 Å². The van der Waals surface area contributed by atoms with Crippen LogP contribution < -0.4 is 10.1 Å². The second kappa shape index (κ2) is 6.56. The third kappa shape index (κ3) is 2.44. The normalized spacial score (nSPS) is 31.5. The summed E-state index contributed by atoms with van der Waals surface area (Å²) in [6, 6.07) is 9.33. The van der Waals surface area contributed by atoms with Crippen LogP contribution in [0.4, 0.5) is 5.69 Å². The molecule has 0 aromatic heterocycles. The summed E-state index contributed by atoms with van der Waals surface area (Å²) in [5, 5.41) is 24.7. The predicted octanol–water partition coefficient (Wildman–Crippen LogP) is 2.54. The van der Waals surface area contributed by atoms with Gasteiger partial charge >= 0.3 is 0 Å². The molecule has 2 aromatic rings. The van der Waals surface area contributed by atoms with E-state index in [-0.39, 0.29) is 40.3 Å². The maximum atomic E-state index is 13.0. The molecule has 2 aliphatic heterocycles. The summed E-state index contributed by atoms with van der Waals surface area (Å²) >= 11 is 0. The Morgan fingerprint density at radius 1 is 1.31 bits per heavy atom. The summed E-state index contributed by atoms with van der Waals surface area (Å²) in [5.41, 5.74) is 2.09. The minimum atomic E-state index is -0.511. The van der Waals surface area contributed by atoms with E-state index in [1.807, 2.05) is 12.1 Å². The number of benzene rings is 2. The minimum Gasteiger partial charge on any atom is -0.504 e. The molecule has 4 aliphatic rings. The molecule has 32 heavy (non-hydrogen) atoms. The van der Waals surface area contributed by atoms with Gasteiger partial charge in [-0.2, -0.15) is 0 Å². The molecule has 1 spiro atoms. The largest absolute Gasteiger partial charge is 0.504 e. The van der Waals surface area contributed by atoms with Crippen molar-refractivity contribution in [2.24, 2.45) is 5.92 Å². The lowest BCUT2D eigenvalue weighted by Gasteiger charge is -2.57. The highest BCUT2D eigenvalue weighted by Gasteiger charge is 2.64. The Hall–Kier alpha value is -3.39. The first-order chi connectivity index (χ1) is 15.4. The summed E-state index contributed by atoms with van der Waals surface area (Å²) in [6.07, 6.45) is 5.60. The van der Waals surface area contributed by atoms with Gasteiger partial charge in [0.2, 0.25) is 0 Å². The van der Waals surface area contributed by atoms with E-state index < -0.39 is 11.0 Å². The van der Waals surface area contributed by atoms with Crippen molar-refractivity contribution in [1.29, 1.82) is 0 Å². The molecule has 2 N–H and O–H groups in total. The quantitative estimate of drug-likeness (QED) is 0.438. The summed E-state index contributed by atoms with van der Waals surface area (Å²) in [6.45, 7) is 0.912. The molecular weight excluding hydrogens is 410 g/mol. The minimum absolute atomic E-state index is 0.125. The van der Waals surface area contributed by atoms with Crippen LogP contribution in [0.5, 0.6) is 11.5 Å². The maximum Gasteiger partial charge on any atom is 0.270 e. The number of amides is 1. The first kappa shape index (κ1) is 19.3. The number of non-ortho nitro benzene ring substituents is 1. The van der Waals surface area contributed by atoms with E-state index in [4.69, 9.17) is 4.74 Å². The van der Waals surface area contributed by atoms with Gasteiger partial charge in [-0.3, -0.25) is 14.9 Å². The van der Waals surface area contributed by atoms with Crippen molar-refractivity contribution in [3.05, 3.63) is 75.4 Å². The molecule has 0 saturated carbocycles. The number of nitro groups is 1. The molecule has 8 heteroatoms. The van der Waals surface area contributed by atoms with Crippen molar-refractivity contribution in [1.82, 2.24) is 10.2 Å². The summed E-state index contributed by atoms with van der Waals surface area (Å²) in [5.74, 6) is 0.515. The summed E-state index contributed by atoms with van der Waals surface area (Å²) in [7, 11) is 2.15. The Labute approximate surface area is 184 Å². The predicted molar refractivity (Wildman–Crippen MR) is 116 cm³/mol. The highest BCUT2D eigenvalue weighted by molar-refractivity contribution is 5.95. The number of nitrogens with zero attached hydrogens (tertiary/aromatic N) is 2. The Balaban J connectivity index is 1.40. The second-order valence-corrected chi connectivity index (χ2v) is 9.25. The highest BCUT2D eigenvalue weighted by atomic mass is 16.6. The molecule has 2 unspecified atom stereocenters. The molecule has 2 heterocycles. The SMILES string of the molecule is CN1CC[C@]23c4c5ccc(O)c4OC2[C@H](NC(=O)c2cccc([N+](=O)[O-])c2)C=CC3[C@H]1C5. The van der Waals surface area contributed by atoms with Crippen LogP contribution in [0.3, 0.4) is 0 Å². The standard InChI is InChI=1S/C24H23N3O5/c1-26-10-9-24-16-6-7-17(25-23(29)14-3-2-4-15(11-14)27(30)31)22(24)32-21-19(28)8-5-13(20(21)24)12-18(16)26/h2-8,11,16-18,22,28H,9-10,12H2,1H3,(H,25,29)/t16?,17-,18-,22?,24+/m1/s1. The first-order valence-corrected chi connectivity index (χ1v) is 10.9. The van der Waals surface area contributed by atoms with Crippen LogP contribution in [-0.2, 0) is 11.8 Å². The molecule has 1 amide bonds. The van der Waals surface area contributed by atoms with Gasteiger partial charge in [-0.25, -0.2) is 0 Å². The molecule has 2 aromatic carbocycles. The number of hydrogen-bond donors (Lipinski definition) is 2. The van der Waals surface area contributed by atoms with Crippen molar-refractivity contribution in [2.75, 3.05) is 13.6 Å². The van der Waals surface area contributed by atoms with Crippen LogP contribution in [0, 0.1) is 16.0 Å². The number of aromatic hydroxyl groups is 1. The smallest absolute Gasteiger partial charge is 0.270 e. The molecule has 2 aliphatic carbocycles. The number of rotatable bonds is 3. The van der Waals surface area contributed by atoms with Crippen molar-refractivity contribution in [2.45, 2.75) is 36.4 Å². The van der Waals surface area contributed by atoms with Crippen molar-refractivity contribution >= 4 is 11.6 Å². The molecule has 2 bridgehead atoms. The Morgan fingerprint density at radius 3 is 2.97 bits per heavy atom. The van der Waals surface area contributed by atoms with E-state index in [2.05, 4.69) is 23.3 Å². The fraction of sp³-hybridized carbons (Fsp3) is 0.375. The van der Waals surface area contributed by atoms with Gasteiger partial charge in [0.15, 0.2) is 11.5 Å². The number of hydrogen-bond acceptors (Lipinski definition) is 6. The number of ether oxygens (including phenoxy) is 1. The molecule has 1 fully saturated rings. The van der Waals surface area contributed by atoms with Gasteiger partial charge in [-0.05, 0) is 44.1 Å². The topological polar surface area (TPSA) is 105 Å². The zero-order chi connectivity index (χ0) is 22.2. The van der Waals surface area contributed by atoms with Crippen LogP contribution >= 0.6 is 0 Å². The molecule has 5 atom stereocenters. The Kier molecular flexibility index (Phi) is 3.96. The molecule has 0 radical (unpaired) electrons. The number of nitrogens with one attached hydrogen (secondary N) is 1. The molecular formula is C24H23N3O5. The van der Waals surface area contributed by atoms with Gasteiger partial charge in [0.1, 0.15) is 6.10 Å².